The van der Waals surface area contributed by atoms with Crippen LogP contribution in [0.2, 0.25) is 0 Å². The van der Waals surface area contributed by atoms with Crippen LogP contribution in [-0.4, -0.2) is 59.4 Å². The minimum atomic E-state index is 0.248. The Balaban J connectivity index is 1.55. The van der Waals surface area contributed by atoms with Crippen molar-refractivity contribution in [1.82, 2.24) is 20.0 Å². The van der Waals surface area contributed by atoms with Gasteiger partial charge < -0.3 is 14.6 Å². The molecule has 25 heavy (non-hydrogen) atoms. The van der Waals surface area contributed by atoms with E-state index in [0.29, 0.717) is 11.8 Å². The Hall–Kier alpha value is -1.99. The zero-order valence-electron chi connectivity index (χ0n) is 15.2. The van der Waals surface area contributed by atoms with E-state index in [1.165, 1.54) is 0 Å². The molecular weight excluding hydrogens is 318 g/mol. The van der Waals surface area contributed by atoms with Gasteiger partial charge in [0.1, 0.15) is 5.82 Å². The second-order valence-corrected chi connectivity index (χ2v) is 6.94. The first-order valence-corrected chi connectivity index (χ1v) is 8.96. The Labute approximate surface area is 148 Å². The molecule has 0 amide bonds. The summed E-state index contributed by atoms with van der Waals surface area (Å²) in [4.78, 5) is 11.3. The predicted octanol–water partition coefficient (Wildman–Crippen LogP) is 2.64. The summed E-state index contributed by atoms with van der Waals surface area (Å²) in [6.45, 7) is 12.0. The van der Waals surface area contributed by atoms with E-state index in [4.69, 9.17) is 9.26 Å². The Kier molecular flexibility index (Phi) is 5.99. The van der Waals surface area contributed by atoms with E-state index in [1.807, 2.05) is 26.0 Å². The van der Waals surface area contributed by atoms with E-state index in [2.05, 4.69) is 32.3 Å². The molecule has 0 spiro atoms. The highest BCUT2D eigenvalue weighted by atomic mass is 16.5. The van der Waals surface area contributed by atoms with Crippen LogP contribution in [-0.2, 0) is 4.74 Å². The lowest BCUT2D eigenvalue weighted by atomic mass is 10.1. The fraction of sp³-hybridized carbons (Fsp3) is 0.611. The molecule has 0 saturated carbocycles. The van der Waals surface area contributed by atoms with Gasteiger partial charge in [0, 0.05) is 43.9 Å². The van der Waals surface area contributed by atoms with Crippen molar-refractivity contribution in [3.8, 4) is 11.5 Å². The SMILES string of the molecule is CC(CNc1cc(-c2nc(C(C)C)no2)ccn1)CN1CCOCC1. The molecule has 3 rings (SSSR count). The van der Waals surface area contributed by atoms with Gasteiger partial charge in [0.2, 0.25) is 0 Å². The molecule has 1 saturated heterocycles. The average Bonchev–Trinajstić information content (AvgIpc) is 3.12. The molecule has 7 heteroatoms. The molecule has 136 valence electrons. The lowest BCUT2D eigenvalue weighted by Crippen LogP contribution is -2.40. The van der Waals surface area contributed by atoms with Crippen LogP contribution in [0.1, 0.15) is 32.5 Å². The highest BCUT2D eigenvalue weighted by molar-refractivity contribution is 5.57. The normalized spacial score (nSPS) is 17.0. The maximum absolute atomic E-state index is 5.39. The zero-order valence-corrected chi connectivity index (χ0v) is 15.2. The summed E-state index contributed by atoms with van der Waals surface area (Å²) in [5.41, 5.74) is 0.887. The third-order valence-electron chi connectivity index (χ3n) is 4.27. The first-order valence-electron chi connectivity index (χ1n) is 8.96. The van der Waals surface area contributed by atoms with Crippen molar-refractivity contribution in [2.75, 3.05) is 44.7 Å². The Morgan fingerprint density at radius 1 is 1.24 bits per heavy atom. The second kappa shape index (κ2) is 8.40. The number of hydrogen-bond donors (Lipinski definition) is 1. The fourth-order valence-corrected chi connectivity index (χ4v) is 2.81. The van der Waals surface area contributed by atoms with Crippen LogP contribution >= 0.6 is 0 Å². The first kappa shape index (κ1) is 17.8. The van der Waals surface area contributed by atoms with Crippen molar-refractivity contribution in [3.05, 3.63) is 24.2 Å². The van der Waals surface area contributed by atoms with Crippen LogP contribution < -0.4 is 5.32 Å². The molecule has 7 nitrogen and oxygen atoms in total. The number of anilines is 1. The minimum absolute atomic E-state index is 0.248. The molecule has 1 aliphatic heterocycles. The average molecular weight is 345 g/mol. The van der Waals surface area contributed by atoms with E-state index in [9.17, 15) is 0 Å². The van der Waals surface area contributed by atoms with Crippen LogP contribution in [0.5, 0.6) is 0 Å². The van der Waals surface area contributed by atoms with E-state index >= 15 is 0 Å². The number of nitrogens with zero attached hydrogens (tertiary/aromatic N) is 4. The monoisotopic (exact) mass is 345 g/mol. The van der Waals surface area contributed by atoms with Gasteiger partial charge in [-0.3, -0.25) is 4.90 Å². The second-order valence-electron chi connectivity index (χ2n) is 6.94. The summed E-state index contributed by atoms with van der Waals surface area (Å²) in [7, 11) is 0. The predicted molar refractivity (Wildman–Crippen MR) is 96.5 cm³/mol. The van der Waals surface area contributed by atoms with Gasteiger partial charge in [0.05, 0.1) is 13.2 Å². The third-order valence-corrected chi connectivity index (χ3v) is 4.27. The van der Waals surface area contributed by atoms with Crippen LogP contribution in [0.25, 0.3) is 11.5 Å². The van der Waals surface area contributed by atoms with Gasteiger partial charge in [-0.25, -0.2) is 4.98 Å². The van der Waals surface area contributed by atoms with E-state index in [-0.39, 0.29) is 5.92 Å². The highest BCUT2D eigenvalue weighted by Crippen LogP contribution is 2.21. The van der Waals surface area contributed by atoms with Crippen molar-refractivity contribution in [2.45, 2.75) is 26.7 Å². The number of nitrogens with one attached hydrogen (secondary N) is 1. The Morgan fingerprint density at radius 3 is 2.76 bits per heavy atom. The minimum Gasteiger partial charge on any atom is -0.379 e. The van der Waals surface area contributed by atoms with Gasteiger partial charge in [-0.1, -0.05) is 25.9 Å². The lowest BCUT2D eigenvalue weighted by Gasteiger charge is -2.29. The molecule has 1 atom stereocenters. The van der Waals surface area contributed by atoms with Gasteiger partial charge in [0.15, 0.2) is 5.82 Å². The molecule has 2 aromatic rings. The summed E-state index contributed by atoms with van der Waals surface area (Å²) in [5, 5.41) is 7.43. The summed E-state index contributed by atoms with van der Waals surface area (Å²) in [5.74, 6) is 2.86. The van der Waals surface area contributed by atoms with Crippen LogP contribution in [0.3, 0.4) is 0 Å². The molecule has 0 aliphatic carbocycles. The third kappa shape index (κ3) is 4.99. The molecule has 1 N–H and O–H groups in total. The van der Waals surface area contributed by atoms with Crippen LogP contribution in [0.4, 0.5) is 5.82 Å². The molecule has 0 radical (unpaired) electrons. The van der Waals surface area contributed by atoms with Gasteiger partial charge >= 0.3 is 0 Å². The summed E-state index contributed by atoms with van der Waals surface area (Å²) in [6.07, 6.45) is 1.77. The summed E-state index contributed by atoms with van der Waals surface area (Å²) >= 11 is 0. The quantitative estimate of drug-likeness (QED) is 0.826. The van der Waals surface area contributed by atoms with Crippen molar-refractivity contribution in [3.63, 3.8) is 0 Å². The van der Waals surface area contributed by atoms with E-state index in [1.54, 1.807) is 6.20 Å². The van der Waals surface area contributed by atoms with Gasteiger partial charge in [-0.15, -0.1) is 0 Å². The van der Waals surface area contributed by atoms with Crippen molar-refractivity contribution < 1.29 is 9.26 Å². The number of morpholine rings is 1. The molecule has 0 bridgehead atoms. The standard InChI is InChI=1S/C18H27N5O2/c1-13(2)17-21-18(25-22-17)15-4-5-19-16(10-15)20-11-14(3)12-23-6-8-24-9-7-23/h4-5,10,13-14H,6-9,11-12H2,1-3H3,(H,19,20). The number of ether oxygens (including phenoxy) is 1. The van der Waals surface area contributed by atoms with E-state index < -0.39 is 0 Å². The smallest absolute Gasteiger partial charge is 0.258 e. The topological polar surface area (TPSA) is 76.3 Å². The summed E-state index contributed by atoms with van der Waals surface area (Å²) < 4.78 is 10.8. The fourth-order valence-electron chi connectivity index (χ4n) is 2.81. The Bertz CT molecular complexity index is 667. The molecule has 1 fully saturated rings. The molecule has 1 aliphatic rings. The highest BCUT2D eigenvalue weighted by Gasteiger charge is 2.15. The first-order chi connectivity index (χ1) is 12.1. The van der Waals surface area contributed by atoms with E-state index in [0.717, 1.165) is 56.6 Å². The molecule has 1 unspecified atom stereocenters. The molecule has 3 heterocycles. The number of hydrogen-bond acceptors (Lipinski definition) is 7. The van der Waals surface area contributed by atoms with Crippen molar-refractivity contribution in [2.24, 2.45) is 5.92 Å². The number of aromatic nitrogens is 3. The molecule has 0 aromatic carbocycles. The summed E-state index contributed by atoms with van der Waals surface area (Å²) in [6, 6.07) is 3.85. The zero-order chi connectivity index (χ0) is 17.6. The molecule has 2 aromatic heterocycles. The number of pyridine rings is 1. The number of rotatable bonds is 7. The van der Waals surface area contributed by atoms with Crippen molar-refractivity contribution >= 4 is 5.82 Å². The maximum atomic E-state index is 5.39. The largest absolute Gasteiger partial charge is 0.379 e. The van der Waals surface area contributed by atoms with Crippen molar-refractivity contribution in [1.29, 1.82) is 0 Å². The van der Waals surface area contributed by atoms with Gasteiger partial charge in [-0.2, -0.15) is 4.98 Å². The lowest BCUT2D eigenvalue weighted by molar-refractivity contribution is 0.0325. The van der Waals surface area contributed by atoms with Gasteiger partial charge in [-0.05, 0) is 18.1 Å². The van der Waals surface area contributed by atoms with Gasteiger partial charge in [0.25, 0.3) is 5.89 Å². The maximum Gasteiger partial charge on any atom is 0.258 e. The van der Waals surface area contributed by atoms with Crippen LogP contribution in [0, 0.1) is 5.92 Å². The Morgan fingerprint density at radius 2 is 2.04 bits per heavy atom. The molecular formula is C18H27N5O2. The van der Waals surface area contributed by atoms with Crippen LogP contribution in [0.15, 0.2) is 22.9 Å².